The first kappa shape index (κ1) is 11.9. The fourth-order valence-corrected chi connectivity index (χ4v) is 1.82. The van der Waals surface area contributed by atoms with Crippen molar-refractivity contribution in [1.82, 2.24) is 0 Å². The summed E-state index contributed by atoms with van der Waals surface area (Å²) in [6, 6.07) is 8.74. The Balaban J connectivity index is 1.99. The lowest BCUT2D eigenvalue weighted by Crippen LogP contribution is -2.11. The van der Waals surface area contributed by atoms with Crippen LogP contribution in [0.4, 0.5) is 4.39 Å². The molecule has 2 aromatic rings. The largest absolute Gasteiger partial charge is 0.469 e. The molecule has 2 nitrogen and oxygen atoms in total. The lowest BCUT2D eigenvalue weighted by atomic mass is 10.0. The molecule has 0 aliphatic heterocycles. The Hall–Kier alpha value is -1.61. The van der Waals surface area contributed by atoms with Gasteiger partial charge in [0, 0.05) is 12.5 Å². The van der Waals surface area contributed by atoms with Gasteiger partial charge in [0.05, 0.1) is 6.26 Å². The zero-order chi connectivity index (χ0) is 12.3. The van der Waals surface area contributed by atoms with Gasteiger partial charge in [0.2, 0.25) is 0 Å². The number of furan rings is 1. The molecule has 17 heavy (non-hydrogen) atoms. The Morgan fingerprint density at radius 3 is 2.82 bits per heavy atom. The summed E-state index contributed by atoms with van der Waals surface area (Å²) in [7, 11) is 0. The molecule has 0 aliphatic rings. The maximum Gasteiger partial charge on any atom is 0.126 e. The number of hydrogen-bond acceptors (Lipinski definition) is 2. The molecule has 0 saturated carbocycles. The quantitative estimate of drug-likeness (QED) is 0.879. The highest BCUT2D eigenvalue weighted by atomic mass is 19.1. The van der Waals surface area contributed by atoms with Crippen molar-refractivity contribution < 1.29 is 8.81 Å². The molecule has 0 saturated heterocycles. The number of halogens is 1. The first-order valence-corrected chi connectivity index (χ1v) is 5.71. The van der Waals surface area contributed by atoms with E-state index in [1.165, 1.54) is 6.07 Å². The Kier molecular flexibility index (Phi) is 3.59. The van der Waals surface area contributed by atoms with Crippen LogP contribution in [0.3, 0.4) is 0 Å². The minimum Gasteiger partial charge on any atom is -0.469 e. The third kappa shape index (κ3) is 2.94. The summed E-state index contributed by atoms with van der Waals surface area (Å²) in [5, 5.41) is 0. The van der Waals surface area contributed by atoms with Crippen molar-refractivity contribution in [2.24, 2.45) is 5.73 Å². The van der Waals surface area contributed by atoms with Crippen molar-refractivity contribution in [3.8, 4) is 0 Å². The average Bonchev–Trinajstić information content (AvgIpc) is 2.82. The predicted octanol–water partition coefficient (Wildman–Crippen LogP) is 3.36. The van der Waals surface area contributed by atoms with Gasteiger partial charge >= 0.3 is 0 Å². The van der Waals surface area contributed by atoms with Gasteiger partial charge in [-0.15, -0.1) is 0 Å². The third-order valence-corrected chi connectivity index (χ3v) is 2.89. The monoisotopic (exact) mass is 233 g/mol. The number of benzene rings is 1. The first-order valence-electron chi connectivity index (χ1n) is 5.71. The minimum absolute atomic E-state index is 0.0839. The van der Waals surface area contributed by atoms with Crippen LogP contribution in [0.5, 0.6) is 0 Å². The van der Waals surface area contributed by atoms with Gasteiger partial charge in [0.15, 0.2) is 0 Å². The van der Waals surface area contributed by atoms with Gasteiger partial charge in [-0.05, 0) is 42.7 Å². The Bertz CT molecular complexity index is 479. The lowest BCUT2D eigenvalue weighted by molar-refractivity contribution is 0.488. The van der Waals surface area contributed by atoms with Crippen molar-refractivity contribution in [3.63, 3.8) is 0 Å². The molecule has 1 unspecified atom stereocenters. The topological polar surface area (TPSA) is 39.2 Å². The van der Waals surface area contributed by atoms with Crippen molar-refractivity contribution in [2.75, 3.05) is 0 Å². The highest BCUT2D eigenvalue weighted by Crippen LogP contribution is 2.19. The van der Waals surface area contributed by atoms with Crippen molar-refractivity contribution in [3.05, 3.63) is 59.3 Å². The number of hydrogen-bond donors (Lipinski definition) is 1. The molecule has 0 fully saturated rings. The highest BCUT2D eigenvalue weighted by Gasteiger charge is 2.09. The van der Waals surface area contributed by atoms with Gasteiger partial charge in [-0.2, -0.15) is 0 Å². The van der Waals surface area contributed by atoms with Gasteiger partial charge in [0.25, 0.3) is 0 Å². The van der Waals surface area contributed by atoms with Crippen molar-refractivity contribution in [1.29, 1.82) is 0 Å². The average molecular weight is 233 g/mol. The van der Waals surface area contributed by atoms with Crippen LogP contribution in [0.25, 0.3) is 0 Å². The number of rotatable bonds is 4. The van der Waals surface area contributed by atoms with Crippen LogP contribution in [-0.4, -0.2) is 0 Å². The molecule has 3 heteroatoms. The van der Waals surface area contributed by atoms with Crippen LogP contribution in [0, 0.1) is 12.7 Å². The lowest BCUT2D eigenvalue weighted by Gasteiger charge is -2.12. The summed E-state index contributed by atoms with van der Waals surface area (Å²) >= 11 is 0. The molecular weight excluding hydrogens is 217 g/mol. The smallest absolute Gasteiger partial charge is 0.126 e. The molecule has 1 heterocycles. The second kappa shape index (κ2) is 5.15. The predicted molar refractivity (Wildman–Crippen MR) is 65.1 cm³/mol. The van der Waals surface area contributed by atoms with Crippen molar-refractivity contribution in [2.45, 2.75) is 25.8 Å². The van der Waals surface area contributed by atoms with E-state index in [0.717, 1.165) is 24.2 Å². The summed E-state index contributed by atoms with van der Waals surface area (Å²) in [5.41, 5.74) is 7.67. The minimum atomic E-state index is -0.188. The number of nitrogens with two attached hydrogens (primary N) is 1. The van der Waals surface area contributed by atoms with E-state index < -0.39 is 0 Å². The Morgan fingerprint density at radius 1 is 1.35 bits per heavy atom. The van der Waals surface area contributed by atoms with Gasteiger partial charge in [-0.1, -0.05) is 12.1 Å². The van der Waals surface area contributed by atoms with Crippen LogP contribution < -0.4 is 5.73 Å². The summed E-state index contributed by atoms with van der Waals surface area (Å²) in [4.78, 5) is 0. The second-order valence-corrected chi connectivity index (χ2v) is 4.23. The van der Waals surface area contributed by atoms with E-state index in [0.29, 0.717) is 5.56 Å². The molecule has 0 bridgehead atoms. The van der Waals surface area contributed by atoms with Crippen LogP contribution in [0.15, 0.2) is 41.0 Å². The molecule has 1 aromatic heterocycles. The second-order valence-electron chi connectivity index (χ2n) is 4.23. The molecule has 0 aliphatic carbocycles. The van der Waals surface area contributed by atoms with E-state index >= 15 is 0 Å². The van der Waals surface area contributed by atoms with Crippen LogP contribution in [0.1, 0.15) is 29.3 Å². The molecule has 1 atom stereocenters. The first-order chi connectivity index (χ1) is 8.16. The van der Waals surface area contributed by atoms with Gasteiger partial charge in [0.1, 0.15) is 11.6 Å². The van der Waals surface area contributed by atoms with Crippen LogP contribution >= 0.6 is 0 Å². The summed E-state index contributed by atoms with van der Waals surface area (Å²) in [6.45, 7) is 1.75. The van der Waals surface area contributed by atoms with Gasteiger partial charge < -0.3 is 10.2 Å². The summed E-state index contributed by atoms with van der Waals surface area (Å²) in [6.07, 6.45) is 3.24. The SMILES string of the molecule is Cc1cc(C(N)CCc2ccco2)ccc1F. The van der Waals surface area contributed by atoms with Crippen molar-refractivity contribution >= 4 is 0 Å². The normalized spacial score (nSPS) is 12.6. The summed E-state index contributed by atoms with van der Waals surface area (Å²) in [5.74, 6) is 0.742. The van der Waals surface area contributed by atoms with E-state index in [-0.39, 0.29) is 11.9 Å². The molecule has 0 spiro atoms. The molecule has 0 radical (unpaired) electrons. The fourth-order valence-electron chi connectivity index (χ4n) is 1.82. The van der Waals surface area contributed by atoms with Gasteiger partial charge in [-0.3, -0.25) is 0 Å². The van der Waals surface area contributed by atoms with E-state index in [9.17, 15) is 4.39 Å². The third-order valence-electron chi connectivity index (χ3n) is 2.89. The van der Waals surface area contributed by atoms with E-state index in [4.69, 9.17) is 10.2 Å². The Labute approximate surface area is 100 Å². The molecule has 1 aromatic carbocycles. The van der Waals surface area contributed by atoms with Crippen LogP contribution in [0.2, 0.25) is 0 Å². The zero-order valence-corrected chi connectivity index (χ0v) is 9.82. The molecular formula is C14H16FNO. The standard InChI is InChI=1S/C14H16FNO/c1-10-9-11(4-6-13(10)15)14(16)7-5-12-3-2-8-17-12/h2-4,6,8-9,14H,5,7,16H2,1H3. The van der Waals surface area contributed by atoms with Gasteiger partial charge in [-0.25, -0.2) is 4.39 Å². The summed E-state index contributed by atoms with van der Waals surface area (Å²) < 4.78 is 18.4. The maximum absolute atomic E-state index is 13.1. The molecule has 2 N–H and O–H groups in total. The van der Waals surface area contributed by atoms with Crippen LogP contribution in [-0.2, 0) is 6.42 Å². The molecule has 90 valence electrons. The maximum atomic E-state index is 13.1. The van der Waals surface area contributed by atoms with E-state index in [2.05, 4.69) is 0 Å². The fraction of sp³-hybridized carbons (Fsp3) is 0.286. The van der Waals surface area contributed by atoms with E-state index in [1.54, 1.807) is 19.3 Å². The molecule has 2 rings (SSSR count). The van der Waals surface area contributed by atoms with E-state index in [1.807, 2.05) is 18.2 Å². The Morgan fingerprint density at radius 2 is 2.18 bits per heavy atom. The number of aryl methyl sites for hydroxylation is 2. The zero-order valence-electron chi connectivity index (χ0n) is 9.82. The highest BCUT2D eigenvalue weighted by molar-refractivity contribution is 5.26. The molecule has 0 amide bonds.